The Bertz CT molecular complexity index is 683. The molecule has 2 heterocycles. The Hall–Kier alpha value is -1.66. The molecule has 3 rings (SSSR count). The molecule has 102 valence electrons. The Labute approximate surface area is 128 Å². The topological polar surface area (TPSA) is 46.6 Å². The molecule has 0 aliphatic carbocycles. The van der Waals surface area contributed by atoms with Crippen LogP contribution in [0.5, 0.6) is 5.75 Å². The number of halogens is 1. The van der Waals surface area contributed by atoms with E-state index in [2.05, 4.69) is 15.9 Å². The zero-order chi connectivity index (χ0) is 14.1. The zero-order valence-electron chi connectivity index (χ0n) is 10.3. The number of rotatable bonds is 3. The van der Waals surface area contributed by atoms with Crippen molar-refractivity contribution in [3.63, 3.8) is 0 Å². The van der Waals surface area contributed by atoms with Gasteiger partial charge in [-0.05, 0) is 39.5 Å². The van der Waals surface area contributed by atoms with Crippen molar-refractivity contribution in [3.05, 3.63) is 45.1 Å². The average molecular weight is 352 g/mol. The first-order valence-electron chi connectivity index (χ1n) is 5.95. The maximum atomic E-state index is 12.3. The van der Waals surface area contributed by atoms with Gasteiger partial charge in [-0.3, -0.25) is 14.5 Å². The minimum Gasteiger partial charge on any atom is -0.482 e. The van der Waals surface area contributed by atoms with Gasteiger partial charge in [-0.25, -0.2) is 0 Å². The Kier molecular flexibility index (Phi) is 3.58. The molecule has 1 aliphatic heterocycles. The summed E-state index contributed by atoms with van der Waals surface area (Å²) < 4.78 is 6.12. The van der Waals surface area contributed by atoms with Crippen molar-refractivity contribution in [1.29, 1.82) is 0 Å². The van der Waals surface area contributed by atoms with Crippen molar-refractivity contribution in [2.45, 2.75) is 0 Å². The van der Waals surface area contributed by atoms with Crippen molar-refractivity contribution >= 4 is 44.6 Å². The van der Waals surface area contributed by atoms with Gasteiger partial charge in [0.05, 0.1) is 17.1 Å². The number of carbonyl (C=O) groups excluding carboxylic acids is 2. The first kappa shape index (κ1) is 13.3. The quantitative estimate of drug-likeness (QED) is 0.798. The Morgan fingerprint density at radius 1 is 1.35 bits per heavy atom. The van der Waals surface area contributed by atoms with E-state index in [4.69, 9.17) is 4.74 Å². The second kappa shape index (κ2) is 5.38. The van der Waals surface area contributed by atoms with Crippen LogP contribution in [-0.2, 0) is 4.79 Å². The van der Waals surface area contributed by atoms with E-state index >= 15 is 0 Å². The molecule has 4 nitrogen and oxygen atoms in total. The fraction of sp³-hybridized carbons (Fsp3) is 0.143. The van der Waals surface area contributed by atoms with E-state index in [0.29, 0.717) is 16.3 Å². The van der Waals surface area contributed by atoms with E-state index in [0.717, 1.165) is 4.47 Å². The maximum absolute atomic E-state index is 12.3. The third-order valence-corrected chi connectivity index (χ3v) is 4.86. The van der Waals surface area contributed by atoms with Gasteiger partial charge < -0.3 is 4.74 Å². The smallest absolute Gasteiger partial charge is 0.265 e. The Morgan fingerprint density at radius 3 is 2.90 bits per heavy atom. The second-order valence-electron chi connectivity index (χ2n) is 4.26. The van der Waals surface area contributed by atoms with E-state index in [9.17, 15) is 9.59 Å². The molecule has 2 aromatic rings. The van der Waals surface area contributed by atoms with Crippen LogP contribution in [0.1, 0.15) is 9.67 Å². The van der Waals surface area contributed by atoms with Gasteiger partial charge in [0.1, 0.15) is 5.75 Å². The molecule has 0 unspecified atom stereocenters. The predicted molar refractivity (Wildman–Crippen MR) is 80.6 cm³/mol. The van der Waals surface area contributed by atoms with Crippen LogP contribution in [0.4, 0.5) is 5.69 Å². The summed E-state index contributed by atoms with van der Waals surface area (Å²) in [5, 5.41) is 1.84. The normalized spacial score (nSPS) is 13.8. The van der Waals surface area contributed by atoms with Crippen molar-refractivity contribution in [3.8, 4) is 5.75 Å². The molecule has 1 aromatic carbocycles. The van der Waals surface area contributed by atoms with E-state index in [1.165, 1.54) is 16.2 Å². The number of ether oxygens (including phenoxy) is 1. The van der Waals surface area contributed by atoms with Gasteiger partial charge in [0.25, 0.3) is 5.91 Å². The number of Topliss-reactive ketones (excluding diaryl/α,β-unsaturated/α-hetero) is 1. The largest absolute Gasteiger partial charge is 0.482 e. The minimum atomic E-state index is -0.204. The van der Waals surface area contributed by atoms with Gasteiger partial charge in [0.15, 0.2) is 12.4 Å². The number of benzene rings is 1. The summed E-state index contributed by atoms with van der Waals surface area (Å²) in [6.07, 6.45) is 0. The van der Waals surface area contributed by atoms with Crippen LogP contribution in [0.3, 0.4) is 0 Å². The number of ketones is 1. The number of hydrogen-bond donors (Lipinski definition) is 0. The number of carbonyl (C=O) groups is 2. The first-order chi connectivity index (χ1) is 9.66. The SMILES string of the molecule is O=C(CN1C(=O)COc2ccccc21)c1sccc1Br. The van der Waals surface area contributed by atoms with Crippen LogP contribution in [0.2, 0.25) is 0 Å². The average Bonchev–Trinajstić information content (AvgIpc) is 2.88. The van der Waals surface area contributed by atoms with E-state index in [1.54, 1.807) is 12.1 Å². The molecule has 20 heavy (non-hydrogen) atoms. The number of para-hydroxylation sites is 2. The van der Waals surface area contributed by atoms with Crippen LogP contribution in [0, 0.1) is 0 Å². The van der Waals surface area contributed by atoms with Crippen LogP contribution in [0.25, 0.3) is 0 Å². The molecular formula is C14H10BrNO3S. The fourth-order valence-corrected chi connectivity index (χ4v) is 3.56. The van der Waals surface area contributed by atoms with Gasteiger partial charge in [-0.1, -0.05) is 12.1 Å². The lowest BCUT2D eigenvalue weighted by atomic mass is 10.2. The molecular weight excluding hydrogens is 342 g/mol. The molecule has 0 spiro atoms. The summed E-state index contributed by atoms with van der Waals surface area (Å²) in [5.41, 5.74) is 0.643. The van der Waals surface area contributed by atoms with E-state index in [-0.39, 0.29) is 24.8 Å². The fourth-order valence-electron chi connectivity index (χ4n) is 2.04. The van der Waals surface area contributed by atoms with E-state index in [1.807, 2.05) is 23.6 Å². The molecule has 0 radical (unpaired) electrons. The minimum absolute atomic E-state index is 0.0261. The highest BCUT2D eigenvalue weighted by Gasteiger charge is 2.28. The molecule has 0 fully saturated rings. The molecule has 1 aromatic heterocycles. The highest BCUT2D eigenvalue weighted by atomic mass is 79.9. The molecule has 0 atom stereocenters. The summed E-state index contributed by atoms with van der Waals surface area (Å²) in [5.74, 6) is 0.340. The third-order valence-electron chi connectivity index (χ3n) is 2.98. The summed E-state index contributed by atoms with van der Waals surface area (Å²) in [6.45, 7) is -0.00573. The van der Waals surface area contributed by atoms with Crippen LogP contribution >= 0.6 is 27.3 Å². The maximum Gasteiger partial charge on any atom is 0.265 e. The number of fused-ring (bicyclic) bond motifs is 1. The molecule has 1 aliphatic rings. The monoisotopic (exact) mass is 351 g/mol. The first-order valence-corrected chi connectivity index (χ1v) is 7.62. The van der Waals surface area contributed by atoms with Gasteiger partial charge in [0, 0.05) is 4.47 Å². The van der Waals surface area contributed by atoms with Crippen molar-refractivity contribution in [2.75, 3.05) is 18.1 Å². The summed E-state index contributed by atoms with van der Waals surface area (Å²) in [4.78, 5) is 26.4. The third kappa shape index (κ3) is 2.36. The molecule has 0 saturated carbocycles. The summed E-state index contributed by atoms with van der Waals surface area (Å²) >= 11 is 4.70. The Balaban J connectivity index is 1.89. The summed E-state index contributed by atoms with van der Waals surface area (Å²) in [7, 11) is 0. The van der Waals surface area contributed by atoms with Crippen molar-refractivity contribution in [1.82, 2.24) is 0 Å². The summed E-state index contributed by atoms with van der Waals surface area (Å²) in [6, 6.07) is 9.06. The number of nitrogens with zero attached hydrogens (tertiary/aromatic N) is 1. The highest BCUT2D eigenvalue weighted by Crippen LogP contribution is 2.32. The van der Waals surface area contributed by atoms with Crippen molar-refractivity contribution in [2.24, 2.45) is 0 Å². The standard InChI is InChI=1S/C14H10BrNO3S/c15-9-5-6-20-14(9)11(17)7-16-10-3-1-2-4-12(10)19-8-13(16)18/h1-6H,7-8H2. The number of amides is 1. The van der Waals surface area contributed by atoms with Crippen LogP contribution in [0.15, 0.2) is 40.2 Å². The van der Waals surface area contributed by atoms with Gasteiger partial charge >= 0.3 is 0 Å². The second-order valence-corrected chi connectivity index (χ2v) is 6.03. The molecule has 0 saturated heterocycles. The zero-order valence-corrected chi connectivity index (χ0v) is 12.7. The number of anilines is 1. The van der Waals surface area contributed by atoms with Crippen LogP contribution < -0.4 is 9.64 Å². The van der Waals surface area contributed by atoms with Gasteiger partial charge in [-0.15, -0.1) is 11.3 Å². The highest BCUT2D eigenvalue weighted by molar-refractivity contribution is 9.10. The Morgan fingerprint density at radius 2 is 2.15 bits per heavy atom. The predicted octanol–water partition coefficient (Wildman–Crippen LogP) is 3.12. The lowest BCUT2D eigenvalue weighted by Gasteiger charge is -2.28. The van der Waals surface area contributed by atoms with E-state index < -0.39 is 0 Å². The lowest BCUT2D eigenvalue weighted by molar-refractivity contribution is -0.121. The molecule has 0 N–H and O–H groups in total. The van der Waals surface area contributed by atoms with Crippen LogP contribution in [-0.4, -0.2) is 24.8 Å². The molecule has 6 heteroatoms. The van der Waals surface area contributed by atoms with Gasteiger partial charge in [-0.2, -0.15) is 0 Å². The molecule has 0 bridgehead atoms. The molecule has 1 amide bonds. The number of hydrogen-bond acceptors (Lipinski definition) is 4. The number of thiophene rings is 1. The lowest BCUT2D eigenvalue weighted by Crippen LogP contribution is -2.41. The van der Waals surface area contributed by atoms with Gasteiger partial charge in [0.2, 0.25) is 0 Å². The van der Waals surface area contributed by atoms with Crippen molar-refractivity contribution < 1.29 is 14.3 Å².